The molecule has 0 bridgehead atoms. The number of aromatic nitrogens is 3. The molecule has 0 amide bonds. The first kappa shape index (κ1) is 31.1. The normalized spacial score (nSPS) is 18.6. The average Bonchev–Trinajstić information content (AvgIpc) is 3.12. The van der Waals surface area contributed by atoms with Crippen molar-refractivity contribution < 1.29 is 14.2 Å². The Kier molecular flexibility index (Phi) is 9.28. The molecule has 9 nitrogen and oxygen atoms in total. The van der Waals surface area contributed by atoms with E-state index in [1.165, 1.54) is 11.1 Å². The summed E-state index contributed by atoms with van der Waals surface area (Å²) in [6.45, 7) is 9.20. The minimum absolute atomic E-state index is 0.0314. The monoisotopic (exact) mass is 630 g/mol. The fourth-order valence-electron chi connectivity index (χ4n) is 6.65. The molecule has 2 unspecified atom stereocenters. The van der Waals surface area contributed by atoms with E-state index in [1.54, 1.807) is 7.11 Å². The zero-order valence-electron chi connectivity index (χ0n) is 27.3. The predicted octanol–water partition coefficient (Wildman–Crippen LogP) is 6.03. The van der Waals surface area contributed by atoms with Gasteiger partial charge in [-0.05, 0) is 55.3 Å². The summed E-state index contributed by atoms with van der Waals surface area (Å²) in [5, 5.41) is 4.74. The molecule has 2 aliphatic heterocycles. The van der Waals surface area contributed by atoms with Gasteiger partial charge in [0.05, 0.1) is 49.7 Å². The molecule has 2 aromatic heterocycles. The summed E-state index contributed by atoms with van der Waals surface area (Å²) in [5.41, 5.74) is 6.01. The van der Waals surface area contributed by atoms with Gasteiger partial charge in [0.1, 0.15) is 11.6 Å². The number of anilines is 2. The van der Waals surface area contributed by atoms with Crippen molar-refractivity contribution in [2.75, 3.05) is 56.3 Å². The Hall–Kier alpha value is -4.57. The van der Waals surface area contributed by atoms with Gasteiger partial charge >= 0.3 is 0 Å². The van der Waals surface area contributed by atoms with Crippen LogP contribution in [-0.2, 0) is 16.0 Å². The van der Waals surface area contributed by atoms with E-state index in [-0.39, 0.29) is 18.2 Å². The molecule has 0 spiro atoms. The van der Waals surface area contributed by atoms with Crippen molar-refractivity contribution in [3.8, 4) is 17.0 Å². The Morgan fingerprint density at radius 1 is 0.809 bits per heavy atom. The highest BCUT2D eigenvalue weighted by molar-refractivity contribution is 5.90. The minimum atomic E-state index is 0.0314. The molecular formula is C38H42N6O3. The summed E-state index contributed by atoms with van der Waals surface area (Å²) in [6.07, 6.45) is 0.192. The average molecular weight is 631 g/mol. The fourth-order valence-corrected chi connectivity index (χ4v) is 6.65. The maximum atomic E-state index is 6.01. The van der Waals surface area contributed by atoms with Crippen LogP contribution in [0.4, 0.5) is 11.8 Å². The Labute approximate surface area is 276 Å². The number of morpholine rings is 2. The van der Waals surface area contributed by atoms with Crippen molar-refractivity contribution in [1.82, 2.24) is 20.3 Å². The molecule has 1 N–H and O–H groups in total. The first-order chi connectivity index (χ1) is 23.1. The van der Waals surface area contributed by atoms with Crippen molar-refractivity contribution in [2.45, 2.75) is 38.6 Å². The number of nitrogens with one attached hydrogen (secondary N) is 1. The van der Waals surface area contributed by atoms with Crippen molar-refractivity contribution in [2.24, 2.45) is 0 Å². The molecule has 2 aliphatic rings. The highest BCUT2D eigenvalue weighted by atomic mass is 16.5. The summed E-state index contributed by atoms with van der Waals surface area (Å²) < 4.78 is 17.5. The van der Waals surface area contributed by atoms with Gasteiger partial charge in [0.15, 0.2) is 5.65 Å². The first-order valence-corrected chi connectivity index (χ1v) is 16.5. The van der Waals surface area contributed by atoms with Gasteiger partial charge in [-0.1, -0.05) is 60.7 Å². The third-order valence-corrected chi connectivity index (χ3v) is 8.88. The van der Waals surface area contributed by atoms with Crippen molar-refractivity contribution in [3.05, 3.63) is 108 Å². The third-order valence-electron chi connectivity index (χ3n) is 8.88. The van der Waals surface area contributed by atoms with Crippen LogP contribution in [0.1, 0.15) is 36.6 Å². The lowest BCUT2D eigenvalue weighted by molar-refractivity contribution is -0.00570. The molecule has 7 rings (SSSR count). The lowest BCUT2D eigenvalue weighted by Gasteiger charge is -2.36. The molecule has 5 aromatic rings. The van der Waals surface area contributed by atoms with Crippen LogP contribution in [0.2, 0.25) is 0 Å². The number of ether oxygens (including phenoxy) is 3. The quantitative estimate of drug-likeness (QED) is 0.210. The predicted molar refractivity (Wildman–Crippen MR) is 186 cm³/mol. The molecule has 242 valence electrons. The molecule has 2 saturated heterocycles. The Morgan fingerprint density at radius 3 is 2.15 bits per heavy atom. The number of rotatable bonds is 9. The first-order valence-electron chi connectivity index (χ1n) is 16.5. The summed E-state index contributed by atoms with van der Waals surface area (Å²) in [5.74, 6) is 2.43. The molecule has 9 heteroatoms. The highest BCUT2D eigenvalue weighted by Crippen LogP contribution is 2.32. The summed E-state index contributed by atoms with van der Waals surface area (Å²) in [4.78, 5) is 19.8. The van der Waals surface area contributed by atoms with Crippen LogP contribution in [0.25, 0.3) is 22.3 Å². The number of pyridine rings is 1. The second kappa shape index (κ2) is 14.0. The molecule has 47 heavy (non-hydrogen) atoms. The number of nitrogens with zero attached hydrogens (tertiary/aromatic N) is 5. The standard InChI is InChI=1S/C38H42N6O3/c1-26-24-44(25-27(2)47-26)38-41-36-32(37(42-38)43-18-20-46-21-19-43)15-16-33(40-36)30-14-17-34(45-3)31(22-30)23-39-35(28-10-6-4-7-11-28)29-12-8-5-9-13-29/h4-17,22,26-27,35,39H,18-21,23-25H2,1-3H3. The van der Waals surface area contributed by atoms with Crippen LogP contribution in [0.15, 0.2) is 91.0 Å². The zero-order valence-corrected chi connectivity index (χ0v) is 27.3. The zero-order chi connectivity index (χ0) is 32.2. The lowest BCUT2D eigenvalue weighted by atomic mass is 9.98. The van der Waals surface area contributed by atoms with Crippen LogP contribution in [-0.4, -0.2) is 73.7 Å². The van der Waals surface area contributed by atoms with E-state index in [4.69, 9.17) is 29.2 Å². The van der Waals surface area contributed by atoms with Gasteiger partial charge in [0, 0.05) is 43.9 Å². The van der Waals surface area contributed by atoms with E-state index in [0.29, 0.717) is 31.4 Å². The van der Waals surface area contributed by atoms with Crippen LogP contribution < -0.4 is 19.9 Å². The molecule has 0 radical (unpaired) electrons. The van der Waals surface area contributed by atoms with Crippen LogP contribution in [0, 0.1) is 0 Å². The molecule has 4 heterocycles. The van der Waals surface area contributed by atoms with Gasteiger partial charge in [0.2, 0.25) is 5.95 Å². The largest absolute Gasteiger partial charge is 0.496 e. The number of hydrogen-bond acceptors (Lipinski definition) is 9. The van der Waals surface area contributed by atoms with E-state index in [0.717, 1.165) is 60.0 Å². The maximum Gasteiger partial charge on any atom is 0.229 e. The van der Waals surface area contributed by atoms with E-state index >= 15 is 0 Å². The van der Waals surface area contributed by atoms with Crippen LogP contribution >= 0.6 is 0 Å². The number of hydrogen-bond donors (Lipinski definition) is 1. The third kappa shape index (κ3) is 6.93. The number of methoxy groups -OCH3 is 1. The van der Waals surface area contributed by atoms with Crippen molar-refractivity contribution in [3.63, 3.8) is 0 Å². The van der Waals surface area contributed by atoms with E-state index in [1.807, 2.05) is 18.2 Å². The van der Waals surface area contributed by atoms with E-state index in [9.17, 15) is 0 Å². The van der Waals surface area contributed by atoms with Gasteiger partial charge in [-0.2, -0.15) is 9.97 Å². The molecule has 2 fully saturated rings. The Balaban J connectivity index is 1.23. The van der Waals surface area contributed by atoms with Gasteiger partial charge < -0.3 is 29.3 Å². The lowest BCUT2D eigenvalue weighted by Crippen LogP contribution is -2.46. The molecular weight excluding hydrogens is 588 g/mol. The Bertz CT molecular complexity index is 1750. The van der Waals surface area contributed by atoms with Crippen LogP contribution in [0.3, 0.4) is 0 Å². The SMILES string of the molecule is COc1ccc(-c2ccc3c(N4CCOCC4)nc(N4CC(C)OC(C)C4)nc3n2)cc1CNC(c1ccccc1)c1ccccc1. The topological polar surface area (TPSA) is 84.9 Å². The highest BCUT2D eigenvalue weighted by Gasteiger charge is 2.27. The minimum Gasteiger partial charge on any atom is -0.496 e. The van der Waals surface area contributed by atoms with E-state index < -0.39 is 0 Å². The van der Waals surface area contributed by atoms with Gasteiger partial charge in [0.25, 0.3) is 0 Å². The second-order valence-corrected chi connectivity index (χ2v) is 12.3. The van der Waals surface area contributed by atoms with Gasteiger partial charge in [-0.15, -0.1) is 0 Å². The van der Waals surface area contributed by atoms with Gasteiger partial charge in [-0.3, -0.25) is 0 Å². The fraction of sp³-hybridized carbons (Fsp3) is 0.342. The number of fused-ring (bicyclic) bond motifs is 1. The van der Waals surface area contributed by atoms with Gasteiger partial charge in [-0.25, -0.2) is 4.98 Å². The molecule has 2 atom stereocenters. The molecule has 0 aliphatic carbocycles. The summed E-state index contributed by atoms with van der Waals surface area (Å²) >= 11 is 0. The molecule has 3 aromatic carbocycles. The van der Waals surface area contributed by atoms with E-state index in [2.05, 4.69) is 102 Å². The van der Waals surface area contributed by atoms with Crippen LogP contribution in [0.5, 0.6) is 5.75 Å². The summed E-state index contributed by atoms with van der Waals surface area (Å²) in [7, 11) is 1.72. The second-order valence-electron chi connectivity index (χ2n) is 12.3. The Morgan fingerprint density at radius 2 is 1.49 bits per heavy atom. The maximum absolute atomic E-state index is 6.01. The summed E-state index contributed by atoms with van der Waals surface area (Å²) in [6, 6.07) is 31.6. The van der Waals surface area contributed by atoms with Crippen molar-refractivity contribution in [1.29, 1.82) is 0 Å². The molecule has 0 saturated carbocycles. The van der Waals surface area contributed by atoms with Crippen molar-refractivity contribution >= 4 is 22.8 Å². The number of benzene rings is 3. The smallest absolute Gasteiger partial charge is 0.229 e.